The number of fused-ring (bicyclic) bond motifs is 1. The number of nitriles is 1. The van der Waals surface area contributed by atoms with E-state index in [0.29, 0.717) is 51.2 Å². The monoisotopic (exact) mass is 578 g/mol. The second-order valence-electron chi connectivity index (χ2n) is 9.07. The van der Waals surface area contributed by atoms with Crippen LogP contribution in [0.25, 0.3) is 10.9 Å². The second kappa shape index (κ2) is 10.7. The van der Waals surface area contributed by atoms with E-state index in [1.165, 1.54) is 6.20 Å². The average Bonchev–Trinajstić information content (AvgIpc) is 3.38. The van der Waals surface area contributed by atoms with Crippen LogP contribution < -0.4 is 10.6 Å². The molecule has 4 heterocycles. The Kier molecular flexibility index (Phi) is 6.89. The lowest BCUT2D eigenvalue weighted by Crippen LogP contribution is -2.31. The molecule has 0 bridgehead atoms. The number of halogens is 4. The van der Waals surface area contributed by atoms with Crippen LogP contribution in [0.5, 0.6) is 0 Å². The highest BCUT2D eigenvalue weighted by atomic mass is 35.5. The average molecular weight is 579 g/mol. The van der Waals surface area contributed by atoms with Gasteiger partial charge in [-0.3, -0.25) is 4.98 Å². The molecule has 1 aliphatic heterocycles. The van der Waals surface area contributed by atoms with E-state index in [1.807, 2.05) is 18.3 Å². The van der Waals surface area contributed by atoms with Crippen LogP contribution in [0.4, 0.5) is 25.8 Å². The lowest BCUT2D eigenvalue weighted by atomic mass is 10.0. The standard InChI is InChI=1S/C27H18Cl2F2N8O/c28-16-3-1-14(2-4-16)25(23-11-39(38-37-23)19-12-40-13-19)36-22-6-17(29)5-20-24(15(8-32)9-33-26(20)22)35-18-7-21(30)27(31)34-10-18/h1-7,9-11,19,25,36H,12-13H2,(H,33,35)/t25-/m0/s1. The van der Waals surface area contributed by atoms with Gasteiger partial charge in [0.15, 0.2) is 5.82 Å². The first-order chi connectivity index (χ1) is 19.4. The van der Waals surface area contributed by atoms with Crippen LogP contribution in [0.3, 0.4) is 0 Å². The van der Waals surface area contributed by atoms with Crippen molar-refractivity contribution in [3.8, 4) is 6.07 Å². The molecule has 5 aromatic rings. The highest BCUT2D eigenvalue weighted by Crippen LogP contribution is 2.37. The molecule has 1 saturated heterocycles. The summed E-state index contributed by atoms with van der Waals surface area (Å²) < 4.78 is 34.3. The molecule has 200 valence electrons. The number of hydrogen-bond acceptors (Lipinski definition) is 8. The third-order valence-corrected chi connectivity index (χ3v) is 6.91. The molecule has 40 heavy (non-hydrogen) atoms. The highest BCUT2D eigenvalue weighted by Gasteiger charge is 2.25. The summed E-state index contributed by atoms with van der Waals surface area (Å²) in [5.41, 5.74) is 3.14. The van der Waals surface area contributed by atoms with E-state index in [9.17, 15) is 14.0 Å². The number of nitrogens with zero attached hydrogens (tertiary/aromatic N) is 6. The van der Waals surface area contributed by atoms with Crippen LogP contribution in [-0.4, -0.2) is 38.2 Å². The van der Waals surface area contributed by atoms with Crippen LogP contribution in [0.1, 0.15) is 28.9 Å². The molecule has 0 aliphatic carbocycles. The van der Waals surface area contributed by atoms with E-state index >= 15 is 0 Å². The van der Waals surface area contributed by atoms with Crippen molar-refractivity contribution in [3.63, 3.8) is 0 Å². The van der Waals surface area contributed by atoms with E-state index < -0.39 is 17.8 Å². The van der Waals surface area contributed by atoms with Gasteiger partial charge in [0.2, 0.25) is 5.95 Å². The molecule has 0 saturated carbocycles. The van der Waals surface area contributed by atoms with E-state index in [-0.39, 0.29) is 17.3 Å². The molecule has 0 spiro atoms. The molecule has 0 radical (unpaired) electrons. The van der Waals surface area contributed by atoms with E-state index in [2.05, 4.69) is 37.0 Å². The van der Waals surface area contributed by atoms with E-state index in [1.54, 1.807) is 28.9 Å². The van der Waals surface area contributed by atoms with Crippen molar-refractivity contribution in [2.45, 2.75) is 12.1 Å². The van der Waals surface area contributed by atoms with Crippen LogP contribution in [-0.2, 0) is 4.74 Å². The van der Waals surface area contributed by atoms with Crippen molar-refractivity contribution in [1.29, 1.82) is 5.26 Å². The maximum Gasteiger partial charge on any atom is 0.249 e. The minimum absolute atomic E-state index is 0.115. The maximum absolute atomic E-state index is 13.9. The Hall–Kier alpha value is -4.37. The summed E-state index contributed by atoms with van der Waals surface area (Å²) in [5.74, 6) is -2.36. The van der Waals surface area contributed by atoms with Crippen molar-refractivity contribution in [2.24, 2.45) is 0 Å². The molecule has 3 aromatic heterocycles. The molecule has 13 heteroatoms. The lowest BCUT2D eigenvalue weighted by Gasteiger charge is -2.25. The summed E-state index contributed by atoms with van der Waals surface area (Å²) >= 11 is 12.7. The zero-order chi connectivity index (χ0) is 27.8. The number of pyridine rings is 2. The van der Waals surface area contributed by atoms with Crippen LogP contribution in [0.2, 0.25) is 10.0 Å². The van der Waals surface area contributed by atoms with Gasteiger partial charge in [-0.1, -0.05) is 40.5 Å². The molecule has 1 atom stereocenters. The molecule has 2 N–H and O–H groups in total. The molecule has 9 nitrogen and oxygen atoms in total. The van der Waals surface area contributed by atoms with Gasteiger partial charge in [0.1, 0.15) is 17.8 Å². The molecular weight excluding hydrogens is 561 g/mol. The fraction of sp³-hybridized carbons (Fsp3) is 0.148. The fourth-order valence-corrected chi connectivity index (χ4v) is 4.69. The summed E-state index contributed by atoms with van der Waals surface area (Å²) in [4.78, 5) is 7.93. The summed E-state index contributed by atoms with van der Waals surface area (Å²) in [6.45, 7) is 1.13. The molecule has 0 unspecified atom stereocenters. The SMILES string of the molecule is N#Cc1cnc2c(N[C@@H](c3ccc(Cl)cc3)c3cn(C4COC4)nn3)cc(Cl)cc2c1Nc1cnc(F)c(F)c1. The van der Waals surface area contributed by atoms with Gasteiger partial charge in [-0.25, -0.2) is 14.1 Å². The van der Waals surface area contributed by atoms with Gasteiger partial charge >= 0.3 is 0 Å². The lowest BCUT2D eigenvalue weighted by molar-refractivity contribution is -0.0293. The van der Waals surface area contributed by atoms with E-state index in [4.69, 9.17) is 27.9 Å². The summed E-state index contributed by atoms with van der Waals surface area (Å²) in [6.07, 6.45) is 4.38. The van der Waals surface area contributed by atoms with E-state index in [0.717, 1.165) is 17.8 Å². The topological polar surface area (TPSA) is 114 Å². The first-order valence-corrected chi connectivity index (χ1v) is 12.8. The van der Waals surface area contributed by atoms with Crippen molar-refractivity contribution in [3.05, 3.63) is 99.7 Å². The number of benzene rings is 2. The Morgan fingerprint density at radius 2 is 1.85 bits per heavy atom. The molecular formula is C27H18Cl2F2N8O. The number of nitrogens with one attached hydrogen (secondary N) is 2. The van der Waals surface area contributed by atoms with Crippen LogP contribution in [0, 0.1) is 23.1 Å². The predicted molar refractivity (Wildman–Crippen MR) is 146 cm³/mol. The minimum Gasteiger partial charge on any atom is -0.377 e. The van der Waals surface area contributed by atoms with Crippen LogP contribution >= 0.6 is 23.2 Å². The first kappa shape index (κ1) is 25.9. The van der Waals surface area contributed by atoms with Gasteiger partial charge in [0.05, 0.1) is 59.8 Å². The third-order valence-electron chi connectivity index (χ3n) is 6.44. The fourth-order valence-electron chi connectivity index (χ4n) is 4.35. The summed E-state index contributed by atoms with van der Waals surface area (Å²) in [5, 5.41) is 26.3. The zero-order valence-corrected chi connectivity index (χ0v) is 22.0. The number of aromatic nitrogens is 5. The molecule has 2 aromatic carbocycles. The highest BCUT2D eigenvalue weighted by molar-refractivity contribution is 6.32. The van der Waals surface area contributed by atoms with Gasteiger partial charge in [-0.05, 0) is 29.8 Å². The number of ether oxygens (including phenoxy) is 1. The molecule has 1 fully saturated rings. The van der Waals surface area contributed by atoms with Crippen molar-refractivity contribution < 1.29 is 13.5 Å². The Morgan fingerprint density at radius 3 is 2.55 bits per heavy atom. The Balaban J connectivity index is 1.45. The number of anilines is 3. The number of hydrogen-bond donors (Lipinski definition) is 2. The zero-order valence-electron chi connectivity index (χ0n) is 20.4. The Labute approximate surface area is 236 Å². The molecule has 6 rings (SSSR count). The van der Waals surface area contributed by atoms with Crippen LogP contribution in [0.15, 0.2) is 61.1 Å². The third kappa shape index (κ3) is 5.00. The first-order valence-electron chi connectivity index (χ1n) is 12.0. The Bertz CT molecular complexity index is 1770. The second-order valence-corrected chi connectivity index (χ2v) is 9.95. The summed E-state index contributed by atoms with van der Waals surface area (Å²) in [7, 11) is 0. The maximum atomic E-state index is 13.9. The Morgan fingerprint density at radius 1 is 1.05 bits per heavy atom. The number of rotatable bonds is 7. The normalized spacial score (nSPS) is 14.0. The van der Waals surface area contributed by atoms with Crippen molar-refractivity contribution >= 4 is 51.2 Å². The quantitative estimate of drug-likeness (QED) is 0.220. The molecule has 0 amide bonds. The molecule has 1 aliphatic rings. The van der Waals surface area contributed by atoms with Gasteiger partial charge in [-0.15, -0.1) is 5.10 Å². The van der Waals surface area contributed by atoms with Gasteiger partial charge < -0.3 is 15.4 Å². The van der Waals surface area contributed by atoms with Crippen molar-refractivity contribution in [1.82, 2.24) is 25.0 Å². The van der Waals surface area contributed by atoms with Crippen molar-refractivity contribution in [2.75, 3.05) is 23.8 Å². The largest absolute Gasteiger partial charge is 0.377 e. The van der Waals surface area contributed by atoms with Gasteiger partial charge in [0, 0.05) is 27.7 Å². The minimum atomic E-state index is -1.23. The van der Waals surface area contributed by atoms with Gasteiger partial charge in [0.25, 0.3) is 0 Å². The predicted octanol–water partition coefficient (Wildman–Crippen LogP) is 6.19. The van der Waals surface area contributed by atoms with Gasteiger partial charge in [-0.2, -0.15) is 9.65 Å². The summed E-state index contributed by atoms with van der Waals surface area (Å²) in [6, 6.07) is 13.3. The smallest absolute Gasteiger partial charge is 0.249 e.